The molecule has 7 nitrogen and oxygen atoms in total. The van der Waals surface area contributed by atoms with Crippen molar-refractivity contribution >= 4 is 27.3 Å². The van der Waals surface area contributed by atoms with Gasteiger partial charge in [-0.2, -0.15) is 0 Å². The Bertz CT molecular complexity index is 973. The largest absolute Gasteiger partial charge is 0.493 e. The molecule has 1 N–H and O–H groups in total. The Kier molecular flexibility index (Phi) is 7.50. The van der Waals surface area contributed by atoms with E-state index in [1.54, 1.807) is 25.3 Å². The number of amides is 1. The van der Waals surface area contributed by atoms with Gasteiger partial charge in [0.25, 0.3) is 0 Å². The van der Waals surface area contributed by atoms with Crippen LogP contribution in [0.1, 0.15) is 24.0 Å². The van der Waals surface area contributed by atoms with E-state index in [1.807, 2.05) is 32.0 Å². The highest BCUT2D eigenvalue weighted by atomic mass is 32.2. The normalized spacial score (nSPS) is 11.1. The molecular formula is C21H28N2O5S. The highest BCUT2D eigenvalue weighted by Gasteiger charge is 2.19. The molecular weight excluding hydrogens is 392 g/mol. The molecule has 8 heteroatoms. The predicted octanol–water partition coefficient (Wildman–Crippen LogP) is 3.51. The third-order valence-corrected chi connectivity index (χ3v) is 5.65. The van der Waals surface area contributed by atoms with E-state index in [9.17, 15) is 13.2 Å². The van der Waals surface area contributed by atoms with Gasteiger partial charge in [0.1, 0.15) is 0 Å². The van der Waals surface area contributed by atoms with Crippen molar-refractivity contribution in [3.05, 3.63) is 47.5 Å². The Balaban J connectivity index is 2.02. The summed E-state index contributed by atoms with van der Waals surface area (Å²) >= 11 is 0. The summed E-state index contributed by atoms with van der Waals surface area (Å²) in [4.78, 5) is 12.3. The number of hydrogen-bond donors (Lipinski definition) is 1. The lowest BCUT2D eigenvalue weighted by Gasteiger charge is -2.24. The number of rotatable bonds is 9. The summed E-state index contributed by atoms with van der Waals surface area (Å²) in [5.74, 6) is 0.887. The monoisotopic (exact) mass is 420 g/mol. The molecule has 0 aliphatic carbocycles. The van der Waals surface area contributed by atoms with E-state index in [4.69, 9.17) is 9.47 Å². The zero-order chi connectivity index (χ0) is 21.6. The summed E-state index contributed by atoms with van der Waals surface area (Å²) in [6.07, 6.45) is 1.75. The molecule has 158 valence electrons. The number of sulfonamides is 1. The van der Waals surface area contributed by atoms with Crippen molar-refractivity contribution in [2.75, 3.05) is 36.6 Å². The van der Waals surface area contributed by atoms with Gasteiger partial charge in [-0.3, -0.25) is 9.10 Å². The SMILES string of the molecule is COc1ccc(NC(=O)CCCN(c2cc(C)ccc2C)S(C)(=O)=O)cc1OC. The minimum Gasteiger partial charge on any atom is -0.493 e. The smallest absolute Gasteiger partial charge is 0.232 e. The van der Waals surface area contributed by atoms with Crippen LogP contribution in [0.25, 0.3) is 0 Å². The first-order chi connectivity index (χ1) is 13.7. The molecule has 0 saturated heterocycles. The fourth-order valence-corrected chi connectivity index (χ4v) is 3.99. The van der Waals surface area contributed by atoms with Crippen LogP contribution in [-0.2, 0) is 14.8 Å². The molecule has 0 atom stereocenters. The molecule has 2 aromatic rings. The maximum Gasteiger partial charge on any atom is 0.232 e. The number of ether oxygens (including phenoxy) is 2. The molecule has 1 amide bonds. The van der Waals surface area contributed by atoms with Gasteiger partial charge in [-0.1, -0.05) is 12.1 Å². The molecule has 0 bridgehead atoms. The molecule has 0 saturated carbocycles. The second kappa shape index (κ2) is 9.65. The standard InChI is InChI=1S/C21H28N2O5S/c1-15-8-9-16(2)18(13-15)23(29(5,25)26)12-6-7-21(24)22-17-10-11-19(27-3)20(14-17)28-4/h8-11,13-14H,6-7,12H2,1-5H3,(H,22,24). The summed E-state index contributed by atoms with van der Waals surface area (Å²) in [6.45, 7) is 4.01. The Morgan fingerprint density at radius 1 is 1.03 bits per heavy atom. The maximum absolute atomic E-state index is 12.3. The minimum atomic E-state index is -3.46. The van der Waals surface area contributed by atoms with Crippen molar-refractivity contribution in [3.63, 3.8) is 0 Å². The van der Waals surface area contributed by atoms with Crippen LogP contribution >= 0.6 is 0 Å². The van der Waals surface area contributed by atoms with Gasteiger partial charge in [-0.05, 0) is 49.6 Å². The number of nitrogens with one attached hydrogen (secondary N) is 1. The second-order valence-electron chi connectivity index (χ2n) is 6.85. The number of anilines is 2. The van der Waals surface area contributed by atoms with Gasteiger partial charge in [0, 0.05) is 24.7 Å². The van der Waals surface area contributed by atoms with E-state index < -0.39 is 10.0 Å². The first-order valence-corrected chi connectivity index (χ1v) is 11.1. The van der Waals surface area contributed by atoms with Crippen LogP contribution in [-0.4, -0.2) is 41.3 Å². The Labute approximate surface area is 172 Å². The van der Waals surface area contributed by atoms with Crippen molar-refractivity contribution in [2.24, 2.45) is 0 Å². The Morgan fingerprint density at radius 2 is 1.72 bits per heavy atom. The molecule has 0 aliphatic rings. The van der Waals surface area contributed by atoms with Crippen molar-refractivity contribution in [1.29, 1.82) is 0 Å². The van der Waals surface area contributed by atoms with Crippen molar-refractivity contribution < 1.29 is 22.7 Å². The zero-order valence-corrected chi connectivity index (χ0v) is 18.3. The molecule has 0 unspecified atom stereocenters. The first-order valence-electron chi connectivity index (χ1n) is 9.22. The lowest BCUT2D eigenvalue weighted by Crippen LogP contribution is -2.32. The molecule has 0 aromatic heterocycles. The topological polar surface area (TPSA) is 84.9 Å². The number of methoxy groups -OCH3 is 2. The summed E-state index contributed by atoms with van der Waals surface area (Å²) in [5.41, 5.74) is 3.08. The average molecular weight is 421 g/mol. The number of carbonyl (C=O) groups excluding carboxylic acids is 1. The van der Waals surface area contributed by atoms with Gasteiger partial charge in [-0.25, -0.2) is 8.42 Å². The van der Waals surface area contributed by atoms with Gasteiger partial charge in [0.2, 0.25) is 15.9 Å². The lowest BCUT2D eigenvalue weighted by atomic mass is 10.1. The number of hydrogen-bond acceptors (Lipinski definition) is 5. The summed E-state index contributed by atoms with van der Waals surface area (Å²) in [6, 6.07) is 10.8. The van der Waals surface area contributed by atoms with Gasteiger partial charge in [0.15, 0.2) is 11.5 Å². The molecule has 0 heterocycles. The fraction of sp³-hybridized carbons (Fsp3) is 0.381. The molecule has 0 radical (unpaired) electrons. The summed E-state index contributed by atoms with van der Waals surface area (Å²) in [5, 5.41) is 2.80. The van der Waals surface area contributed by atoms with E-state index in [0.29, 0.717) is 29.3 Å². The van der Waals surface area contributed by atoms with Crippen molar-refractivity contribution in [1.82, 2.24) is 0 Å². The van der Waals surface area contributed by atoms with Gasteiger partial charge < -0.3 is 14.8 Å². The molecule has 0 fully saturated rings. The van der Waals surface area contributed by atoms with Gasteiger partial charge >= 0.3 is 0 Å². The fourth-order valence-electron chi connectivity index (χ4n) is 2.97. The second-order valence-corrected chi connectivity index (χ2v) is 8.75. The van der Waals surface area contributed by atoms with E-state index >= 15 is 0 Å². The van der Waals surface area contributed by atoms with Crippen LogP contribution in [0.4, 0.5) is 11.4 Å². The average Bonchev–Trinajstić information content (AvgIpc) is 2.66. The number of benzene rings is 2. The predicted molar refractivity (Wildman–Crippen MR) is 116 cm³/mol. The molecule has 0 aliphatic heterocycles. The summed E-state index contributed by atoms with van der Waals surface area (Å²) in [7, 11) is -0.394. The van der Waals surface area contributed by atoms with Gasteiger partial charge in [0.05, 0.1) is 26.2 Å². The Morgan fingerprint density at radius 3 is 2.34 bits per heavy atom. The third-order valence-electron chi connectivity index (χ3n) is 4.47. The van der Waals surface area contributed by atoms with Crippen LogP contribution in [0.3, 0.4) is 0 Å². The third kappa shape index (κ3) is 6.12. The summed E-state index contributed by atoms with van der Waals surface area (Å²) < 4.78 is 36.4. The van der Waals surface area contributed by atoms with Crippen molar-refractivity contribution in [2.45, 2.75) is 26.7 Å². The molecule has 0 spiro atoms. The van der Waals surface area contributed by atoms with Crippen LogP contribution in [0, 0.1) is 13.8 Å². The highest BCUT2D eigenvalue weighted by Crippen LogP contribution is 2.30. The quantitative estimate of drug-likeness (QED) is 0.671. The minimum absolute atomic E-state index is 0.186. The van der Waals surface area contributed by atoms with Crippen LogP contribution in [0.15, 0.2) is 36.4 Å². The van der Waals surface area contributed by atoms with Gasteiger partial charge in [-0.15, -0.1) is 0 Å². The van der Waals surface area contributed by atoms with E-state index in [-0.39, 0.29) is 18.9 Å². The van der Waals surface area contributed by atoms with Crippen LogP contribution in [0.5, 0.6) is 11.5 Å². The number of nitrogens with zero attached hydrogens (tertiary/aromatic N) is 1. The molecule has 2 aromatic carbocycles. The Hall–Kier alpha value is -2.74. The number of carbonyl (C=O) groups is 1. The lowest BCUT2D eigenvalue weighted by molar-refractivity contribution is -0.116. The van der Waals surface area contributed by atoms with E-state index in [2.05, 4.69) is 5.32 Å². The van der Waals surface area contributed by atoms with Crippen molar-refractivity contribution in [3.8, 4) is 11.5 Å². The zero-order valence-electron chi connectivity index (χ0n) is 17.5. The van der Waals surface area contributed by atoms with Crippen LogP contribution in [0.2, 0.25) is 0 Å². The molecule has 29 heavy (non-hydrogen) atoms. The van der Waals surface area contributed by atoms with Crippen LogP contribution < -0.4 is 19.1 Å². The van der Waals surface area contributed by atoms with E-state index in [0.717, 1.165) is 11.1 Å². The highest BCUT2D eigenvalue weighted by molar-refractivity contribution is 7.92. The number of aryl methyl sites for hydroxylation is 2. The van der Waals surface area contributed by atoms with E-state index in [1.165, 1.54) is 17.7 Å². The molecule has 2 rings (SSSR count). The first kappa shape index (κ1) is 22.5. The maximum atomic E-state index is 12.3.